The van der Waals surface area contributed by atoms with E-state index in [4.69, 9.17) is 18.9 Å². The Morgan fingerprint density at radius 2 is 1.49 bits per heavy atom. The van der Waals surface area contributed by atoms with Crippen LogP contribution in [0.2, 0.25) is 0 Å². The lowest BCUT2D eigenvalue weighted by molar-refractivity contribution is -0.0439. The van der Waals surface area contributed by atoms with Crippen LogP contribution < -0.4 is 24.8 Å². The second-order valence-corrected chi connectivity index (χ2v) is 20.9. The van der Waals surface area contributed by atoms with Gasteiger partial charge in [-0.15, -0.1) is 0 Å². The van der Waals surface area contributed by atoms with Gasteiger partial charge in [-0.05, 0) is 121 Å². The van der Waals surface area contributed by atoms with E-state index in [2.05, 4.69) is 10.6 Å². The minimum Gasteiger partial charge on any atom is -0.493 e. The molecule has 2 saturated carbocycles. The van der Waals surface area contributed by atoms with Crippen LogP contribution in [0.1, 0.15) is 134 Å². The third kappa shape index (κ3) is 13.0. The summed E-state index contributed by atoms with van der Waals surface area (Å²) in [4.78, 5) is 30.7. The number of carbonyl (C=O) groups excluding carboxylic acids is 2. The summed E-state index contributed by atoms with van der Waals surface area (Å²) in [6.45, 7) is 15.1. The number of carbonyl (C=O) groups is 2. The quantitative estimate of drug-likeness (QED) is 0.173. The van der Waals surface area contributed by atoms with E-state index in [0.717, 1.165) is 49.0 Å². The van der Waals surface area contributed by atoms with Gasteiger partial charge < -0.3 is 39.4 Å². The van der Waals surface area contributed by atoms with Crippen molar-refractivity contribution in [2.75, 3.05) is 33.3 Å². The molecule has 0 aromatic heterocycles. The normalized spacial score (nSPS) is 24.1. The standard InChI is InChI=1S/C30H36F2N2O4.C24H34F2N2O2/c1-18(11-19-9-10-22(31)15-24(19)32)16-34(17-23-12-20-7-5-6-8-25(20)33-23)29(35)21-13-26(36-4)28-27(14-21)37-30(2,3)38-28;1-16(11-17-9-10-19(25)13-21(17)26)14-27-15-20-12-18-7-5-6-8-22(18)28(20)23(29)30-24(2,3)4/h9-11,13-15,20,23,25,33H,5-8,12,16-17H2,1-4H3;9-11,13,18,20,22,27H,5-8,12,14-15H2,1-4H3/b18-11+;16-11+/t20-,23-,25-;18-,20-,22-/m00/s1. The van der Waals surface area contributed by atoms with E-state index in [1.807, 2.05) is 39.5 Å². The van der Waals surface area contributed by atoms with Crippen LogP contribution in [0.25, 0.3) is 12.2 Å². The Labute approximate surface area is 399 Å². The Bertz CT molecular complexity index is 2330. The van der Waals surface area contributed by atoms with Crippen molar-refractivity contribution in [3.63, 3.8) is 0 Å². The molecule has 370 valence electrons. The lowest BCUT2D eigenvalue weighted by Gasteiger charge is -2.35. The maximum absolute atomic E-state index is 14.3. The van der Waals surface area contributed by atoms with E-state index in [1.165, 1.54) is 69.9 Å². The number of nitrogens with zero attached hydrogens (tertiary/aromatic N) is 2. The summed E-state index contributed by atoms with van der Waals surface area (Å²) in [5.74, 6) is -0.879. The van der Waals surface area contributed by atoms with Gasteiger partial charge in [-0.2, -0.15) is 0 Å². The van der Waals surface area contributed by atoms with Gasteiger partial charge >= 0.3 is 6.09 Å². The maximum atomic E-state index is 14.3. The first-order chi connectivity index (χ1) is 32.3. The number of halogens is 4. The third-order valence-corrected chi connectivity index (χ3v) is 13.6. The van der Waals surface area contributed by atoms with E-state index in [1.54, 1.807) is 43.0 Å². The summed E-state index contributed by atoms with van der Waals surface area (Å²) in [6, 6.07) is 11.5. The van der Waals surface area contributed by atoms with Crippen LogP contribution in [0.15, 0.2) is 59.7 Å². The number of fused-ring (bicyclic) bond motifs is 3. The van der Waals surface area contributed by atoms with Gasteiger partial charge in [0.05, 0.1) is 7.11 Å². The minimum absolute atomic E-state index is 0.100. The highest BCUT2D eigenvalue weighted by Crippen LogP contribution is 2.47. The van der Waals surface area contributed by atoms with Crippen LogP contribution in [-0.4, -0.2) is 90.6 Å². The van der Waals surface area contributed by atoms with Crippen molar-refractivity contribution in [3.8, 4) is 17.2 Å². The molecule has 2 amide bonds. The summed E-state index contributed by atoms with van der Waals surface area (Å²) >= 11 is 0. The fraction of sp³-hybridized carbons (Fsp3) is 0.556. The molecule has 0 unspecified atom stereocenters. The number of nitrogens with one attached hydrogen (secondary N) is 2. The SMILES string of the molecule is C/C(=C\c1ccc(F)cc1F)CNC[C@@H]1C[C@@H]2CCCC[C@@H]2N1C(=O)OC(C)(C)C.COc1cc(C(=O)N(C/C(C)=C/c2ccc(F)cc2F)C[C@@H]2C[C@@H]3CCCC[C@@H]3N2)cc2c1OC(C)(C)O2. The number of benzene rings is 3. The van der Waals surface area contributed by atoms with Crippen molar-refractivity contribution in [3.05, 3.63) is 99.6 Å². The zero-order valence-electron chi connectivity index (χ0n) is 41.0. The highest BCUT2D eigenvalue weighted by molar-refractivity contribution is 5.96. The summed E-state index contributed by atoms with van der Waals surface area (Å²) in [7, 11) is 1.53. The smallest absolute Gasteiger partial charge is 0.410 e. The number of methoxy groups -OCH3 is 1. The molecule has 2 N–H and O–H groups in total. The van der Waals surface area contributed by atoms with Crippen molar-refractivity contribution in [2.45, 2.75) is 148 Å². The monoisotopic (exact) mass is 947 g/mol. The van der Waals surface area contributed by atoms with E-state index < -0.39 is 34.7 Å². The van der Waals surface area contributed by atoms with Gasteiger partial charge in [0.25, 0.3) is 5.91 Å². The molecule has 2 aliphatic carbocycles. The molecule has 3 aromatic carbocycles. The number of amides is 2. The average molecular weight is 947 g/mol. The molecule has 5 aliphatic rings. The summed E-state index contributed by atoms with van der Waals surface area (Å²) < 4.78 is 77.7. The van der Waals surface area contributed by atoms with Crippen LogP contribution in [0, 0.1) is 35.1 Å². The van der Waals surface area contributed by atoms with E-state index >= 15 is 0 Å². The Kier molecular flexibility index (Phi) is 16.2. The molecule has 3 aliphatic heterocycles. The van der Waals surface area contributed by atoms with Gasteiger partial charge in [0, 0.05) is 93.0 Å². The number of likely N-dealkylation sites (tertiary alicyclic amines) is 1. The minimum atomic E-state index is -0.862. The first kappa shape index (κ1) is 50.8. The van der Waals surface area contributed by atoms with Crippen molar-refractivity contribution in [1.29, 1.82) is 0 Å². The molecule has 0 bridgehead atoms. The number of hydrogen-bond donors (Lipinski definition) is 2. The predicted molar refractivity (Wildman–Crippen MR) is 257 cm³/mol. The van der Waals surface area contributed by atoms with Gasteiger partial charge in [-0.25, -0.2) is 22.4 Å². The van der Waals surface area contributed by atoms with Crippen molar-refractivity contribution >= 4 is 24.2 Å². The molecule has 3 aromatic rings. The third-order valence-electron chi connectivity index (χ3n) is 13.6. The molecule has 4 fully saturated rings. The van der Waals surface area contributed by atoms with E-state index in [9.17, 15) is 27.2 Å². The molecule has 68 heavy (non-hydrogen) atoms. The highest BCUT2D eigenvalue weighted by atomic mass is 19.1. The number of ether oxygens (including phenoxy) is 4. The molecule has 14 heteroatoms. The molecule has 8 rings (SSSR count). The molecular weight excluding hydrogens is 877 g/mol. The van der Waals surface area contributed by atoms with Gasteiger partial charge in [0.15, 0.2) is 11.5 Å². The first-order valence-corrected chi connectivity index (χ1v) is 24.4. The molecule has 6 atom stereocenters. The van der Waals surface area contributed by atoms with Crippen molar-refractivity contribution < 1.29 is 46.1 Å². The first-order valence-electron chi connectivity index (χ1n) is 24.4. The van der Waals surface area contributed by atoms with Gasteiger partial charge in [-0.3, -0.25) is 4.79 Å². The Morgan fingerprint density at radius 3 is 2.12 bits per heavy atom. The van der Waals surface area contributed by atoms with Gasteiger partial charge in [-0.1, -0.05) is 49.0 Å². The largest absolute Gasteiger partial charge is 0.493 e. The van der Waals surface area contributed by atoms with Crippen LogP contribution in [0.5, 0.6) is 17.2 Å². The lowest BCUT2D eigenvalue weighted by Crippen LogP contribution is -2.48. The fourth-order valence-electron chi connectivity index (χ4n) is 10.7. The lowest BCUT2D eigenvalue weighted by atomic mass is 9.85. The number of hydrogen-bond acceptors (Lipinski definition) is 8. The molecule has 0 radical (unpaired) electrons. The predicted octanol–water partition coefficient (Wildman–Crippen LogP) is 11.5. The van der Waals surface area contributed by atoms with E-state index in [-0.39, 0.29) is 35.7 Å². The van der Waals surface area contributed by atoms with Crippen LogP contribution in [0.4, 0.5) is 22.4 Å². The van der Waals surface area contributed by atoms with Crippen molar-refractivity contribution in [1.82, 2.24) is 20.4 Å². The summed E-state index contributed by atoms with van der Waals surface area (Å²) in [6.07, 6.45) is 14.7. The number of rotatable bonds is 12. The van der Waals surface area contributed by atoms with Gasteiger partial charge in [0.1, 0.15) is 28.9 Å². The molecule has 2 saturated heterocycles. The Balaban J connectivity index is 0.000000207. The van der Waals surface area contributed by atoms with Crippen LogP contribution in [-0.2, 0) is 4.74 Å². The summed E-state index contributed by atoms with van der Waals surface area (Å²) in [5.41, 5.74) is 2.30. The Morgan fingerprint density at radius 1 is 0.853 bits per heavy atom. The fourth-order valence-corrected chi connectivity index (χ4v) is 10.7. The molecule has 3 heterocycles. The van der Waals surface area contributed by atoms with Crippen LogP contribution >= 0.6 is 0 Å². The maximum Gasteiger partial charge on any atom is 0.410 e. The van der Waals surface area contributed by atoms with Crippen LogP contribution in [0.3, 0.4) is 0 Å². The second-order valence-electron chi connectivity index (χ2n) is 20.9. The highest BCUT2D eigenvalue weighted by Gasteiger charge is 2.46. The zero-order valence-corrected chi connectivity index (χ0v) is 41.0. The molecule has 10 nitrogen and oxygen atoms in total. The average Bonchev–Trinajstić information content (AvgIpc) is 3.95. The van der Waals surface area contributed by atoms with Crippen molar-refractivity contribution in [2.24, 2.45) is 11.8 Å². The van der Waals surface area contributed by atoms with Gasteiger partial charge in [0.2, 0.25) is 11.5 Å². The second kappa shape index (κ2) is 21.7. The van der Waals surface area contributed by atoms with E-state index in [0.29, 0.717) is 72.4 Å². The zero-order chi connectivity index (χ0) is 48.9. The summed E-state index contributed by atoms with van der Waals surface area (Å²) in [5, 5.41) is 7.18. The topological polar surface area (TPSA) is 102 Å². The Hall–Kier alpha value is -5.08. The molecule has 0 spiro atoms. The molecular formula is C54H70F4N4O6.